The van der Waals surface area contributed by atoms with Crippen LogP contribution in [0.4, 0.5) is 4.79 Å². The SMILES string of the molecule is CCOC(=O)N1CCC(NC(=O)c2onc3ncccc23)CC1. The van der Waals surface area contributed by atoms with E-state index in [1.807, 2.05) is 0 Å². The van der Waals surface area contributed by atoms with Crippen molar-refractivity contribution in [1.29, 1.82) is 0 Å². The van der Waals surface area contributed by atoms with Gasteiger partial charge in [-0.1, -0.05) is 5.16 Å². The summed E-state index contributed by atoms with van der Waals surface area (Å²) >= 11 is 0. The maximum atomic E-state index is 12.3. The highest BCUT2D eigenvalue weighted by Crippen LogP contribution is 2.17. The third-order valence-corrected chi connectivity index (χ3v) is 3.82. The molecule has 1 fully saturated rings. The van der Waals surface area contributed by atoms with Crippen LogP contribution < -0.4 is 5.32 Å². The zero-order valence-corrected chi connectivity index (χ0v) is 12.8. The summed E-state index contributed by atoms with van der Waals surface area (Å²) in [5.74, 6) is -0.143. The van der Waals surface area contributed by atoms with Crippen LogP contribution in [0.2, 0.25) is 0 Å². The lowest BCUT2D eigenvalue weighted by atomic mass is 10.1. The fourth-order valence-corrected chi connectivity index (χ4v) is 2.62. The van der Waals surface area contributed by atoms with Crippen LogP contribution in [0.25, 0.3) is 11.0 Å². The topological polar surface area (TPSA) is 97.6 Å². The molecule has 1 aliphatic heterocycles. The van der Waals surface area contributed by atoms with Crippen molar-refractivity contribution in [3.8, 4) is 0 Å². The lowest BCUT2D eigenvalue weighted by Crippen LogP contribution is -2.46. The maximum absolute atomic E-state index is 12.3. The van der Waals surface area contributed by atoms with Crippen LogP contribution in [-0.4, -0.2) is 52.8 Å². The zero-order valence-electron chi connectivity index (χ0n) is 12.8. The molecule has 23 heavy (non-hydrogen) atoms. The van der Waals surface area contributed by atoms with Gasteiger partial charge in [0.1, 0.15) is 0 Å². The van der Waals surface area contributed by atoms with Gasteiger partial charge in [0.2, 0.25) is 11.4 Å². The Bertz CT molecular complexity index is 706. The van der Waals surface area contributed by atoms with E-state index in [-0.39, 0.29) is 23.8 Å². The van der Waals surface area contributed by atoms with E-state index < -0.39 is 0 Å². The van der Waals surface area contributed by atoms with Gasteiger partial charge < -0.3 is 19.5 Å². The summed E-state index contributed by atoms with van der Waals surface area (Å²) in [6.45, 7) is 3.26. The molecule has 8 nitrogen and oxygen atoms in total. The summed E-state index contributed by atoms with van der Waals surface area (Å²) in [6, 6.07) is 3.47. The van der Waals surface area contributed by atoms with E-state index in [1.54, 1.807) is 30.2 Å². The van der Waals surface area contributed by atoms with Gasteiger partial charge in [-0.2, -0.15) is 0 Å². The van der Waals surface area contributed by atoms with Crippen molar-refractivity contribution < 1.29 is 18.8 Å². The number of aromatic nitrogens is 2. The molecule has 0 saturated carbocycles. The molecule has 2 aromatic rings. The van der Waals surface area contributed by atoms with Gasteiger partial charge in [-0.3, -0.25) is 4.79 Å². The fourth-order valence-electron chi connectivity index (χ4n) is 2.62. The summed E-state index contributed by atoms with van der Waals surface area (Å²) in [7, 11) is 0. The molecule has 1 saturated heterocycles. The monoisotopic (exact) mass is 318 g/mol. The molecule has 0 bridgehead atoms. The van der Waals surface area contributed by atoms with E-state index in [2.05, 4.69) is 15.5 Å². The number of hydrogen-bond acceptors (Lipinski definition) is 6. The highest BCUT2D eigenvalue weighted by Gasteiger charge is 2.26. The maximum Gasteiger partial charge on any atom is 0.409 e. The van der Waals surface area contributed by atoms with Crippen LogP contribution in [0.1, 0.15) is 30.3 Å². The van der Waals surface area contributed by atoms with Gasteiger partial charge in [0.15, 0.2) is 0 Å². The fraction of sp³-hybridized carbons (Fsp3) is 0.467. The molecule has 0 radical (unpaired) electrons. The summed E-state index contributed by atoms with van der Waals surface area (Å²) in [6.07, 6.45) is 2.64. The van der Waals surface area contributed by atoms with Crippen LogP contribution in [0.15, 0.2) is 22.9 Å². The number of fused-ring (bicyclic) bond motifs is 1. The lowest BCUT2D eigenvalue weighted by Gasteiger charge is -2.31. The molecule has 0 aromatic carbocycles. The first-order valence-corrected chi connectivity index (χ1v) is 7.62. The Balaban J connectivity index is 1.58. The molecule has 2 amide bonds. The van der Waals surface area contributed by atoms with E-state index >= 15 is 0 Å². The number of amides is 2. The molecule has 122 valence electrons. The molecule has 8 heteroatoms. The molecule has 3 rings (SSSR count). The molecule has 0 aliphatic carbocycles. The van der Waals surface area contributed by atoms with Crippen molar-refractivity contribution in [2.75, 3.05) is 19.7 Å². The average Bonchev–Trinajstić information content (AvgIpc) is 3.00. The Morgan fingerprint density at radius 1 is 1.43 bits per heavy atom. The van der Waals surface area contributed by atoms with Crippen molar-refractivity contribution >= 4 is 23.0 Å². The summed E-state index contributed by atoms with van der Waals surface area (Å²) < 4.78 is 10.1. The molecule has 1 N–H and O–H groups in total. The van der Waals surface area contributed by atoms with Gasteiger partial charge in [-0.05, 0) is 31.9 Å². The third kappa shape index (κ3) is 3.25. The Morgan fingerprint density at radius 3 is 2.96 bits per heavy atom. The first-order valence-electron chi connectivity index (χ1n) is 7.62. The number of hydrogen-bond donors (Lipinski definition) is 1. The Morgan fingerprint density at radius 2 is 2.22 bits per heavy atom. The standard InChI is InChI=1S/C15H18N4O4/c1-2-22-15(21)19-8-5-10(6-9-19)17-14(20)12-11-4-3-7-16-13(11)18-23-12/h3-4,7,10H,2,5-6,8-9H2,1H3,(H,17,20). The van der Waals surface area contributed by atoms with E-state index in [0.717, 1.165) is 0 Å². The van der Waals surface area contributed by atoms with Crippen LogP contribution in [0, 0.1) is 0 Å². The number of nitrogens with one attached hydrogen (secondary N) is 1. The Hall–Kier alpha value is -2.64. The number of rotatable bonds is 3. The minimum absolute atomic E-state index is 0.00926. The van der Waals surface area contributed by atoms with Gasteiger partial charge in [0, 0.05) is 25.3 Å². The number of likely N-dealkylation sites (tertiary alicyclic amines) is 1. The second kappa shape index (κ2) is 6.64. The highest BCUT2D eigenvalue weighted by atomic mass is 16.6. The second-order valence-electron chi connectivity index (χ2n) is 5.32. The number of ether oxygens (including phenoxy) is 1. The highest BCUT2D eigenvalue weighted by molar-refractivity contribution is 6.02. The normalized spacial score (nSPS) is 15.6. The minimum Gasteiger partial charge on any atom is -0.450 e. The summed E-state index contributed by atoms with van der Waals surface area (Å²) in [5.41, 5.74) is 0.412. The van der Waals surface area contributed by atoms with Crippen LogP contribution in [0.3, 0.4) is 0 Å². The van der Waals surface area contributed by atoms with E-state index in [4.69, 9.17) is 9.26 Å². The molecule has 3 heterocycles. The van der Waals surface area contributed by atoms with Crippen molar-refractivity contribution in [1.82, 2.24) is 20.4 Å². The van der Waals surface area contributed by atoms with Crippen molar-refractivity contribution in [2.45, 2.75) is 25.8 Å². The predicted octanol–water partition coefficient (Wildman–Crippen LogP) is 1.57. The van der Waals surface area contributed by atoms with Crippen LogP contribution in [0.5, 0.6) is 0 Å². The average molecular weight is 318 g/mol. The number of piperidine rings is 1. The van der Waals surface area contributed by atoms with Gasteiger partial charge in [0.25, 0.3) is 5.91 Å². The summed E-state index contributed by atoms with van der Waals surface area (Å²) in [5, 5.41) is 7.29. The van der Waals surface area contributed by atoms with E-state index in [1.165, 1.54) is 0 Å². The summed E-state index contributed by atoms with van der Waals surface area (Å²) in [4.78, 5) is 29.7. The molecule has 2 aromatic heterocycles. The molecule has 1 aliphatic rings. The van der Waals surface area contributed by atoms with Crippen molar-refractivity contribution in [2.24, 2.45) is 0 Å². The zero-order chi connectivity index (χ0) is 16.2. The number of nitrogens with zero attached hydrogens (tertiary/aromatic N) is 3. The first-order chi connectivity index (χ1) is 11.2. The third-order valence-electron chi connectivity index (χ3n) is 3.82. The largest absolute Gasteiger partial charge is 0.450 e. The predicted molar refractivity (Wildman–Crippen MR) is 80.9 cm³/mol. The van der Waals surface area contributed by atoms with Crippen molar-refractivity contribution in [3.05, 3.63) is 24.1 Å². The van der Waals surface area contributed by atoms with Gasteiger partial charge in [-0.15, -0.1) is 0 Å². The molecular weight excluding hydrogens is 300 g/mol. The van der Waals surface area contributed by atoms with Crippen LogP contribution in [-0.2, 0) is 4.74 Å². The molecule has 0 spiro atoms. The smallest absolute Gasteiger partial charge is 0.409 e. The van der Waals surface area contributed by atoms with E-state index in [0.29, 0.717) is 43.6 Å². The molecule has 0 unspecified atom stereocenters. The molecule has 0 atom stereocenters. The van der Waals surface area contributed by atoms with Gasteiger partial charge in [-0.25, -0.2) is 9.78 Å². The number of pyridine rings is 1. The Kier molecular flexibility index (Phi) is 4.40. The van der Waals surface area contributed by atoms with Gasteiger partial charge >= 0.3 is 6.09 Å². The van der Waals surface area contributed by atoms with E-state index in [9.17, 15) is 9.59 Å². The molecular formula is C15H18N4O4. The van der Waals surface area contributed by atoms with Crippen molar-refractivity contribution in [3.63, 3.8) is 0 Å². The van der Waals surface area contributed by atoms with Gasteiger partial charge in [0.05, 0.1) is 12.0 Å². The number of carbonyl (C=O) groups is 2. The lowest BCUT2D eigenvalue weighted by molar-refractivity contribution is 0.0836. The second-order valence-corrected chi connectivity index (χ2v) is 5.32. The first kappa shape index (κ1) is 15.3. The minimum atomic E-state index is -0.310. The van der Waals surface area contributed by atoms with Crippen LogP contribution >= 0.6 is 0 Å². The number of carbonyl (C=O) groups excluding carboxylic acids is 2. The quantitative estimate of drug-likeness (QED) is 0.922. The Labute approximate surface area is 132 Å².